The Morgan fingerprint density at radius 2 is 2.07 bits per heavy atom. The van der Waals surface area contributed by atoms with Gasteiger partial charge in [0.05, 0.1) is 5.88 Å². The fourth-order valence-corrected chi connectivity index (χ4v) is 1.92. The number of hydrogen-bond acceptors (Lipinski definition) is 3. The summed E-state index contributed by atoms with van der Waals surface area (Å²) >= 11 is 5.59. The monoisotopic (exact) mass is 214 g/mol. The van der Waals surface area contributed by atoms with Crippen LogP contribution in [0.4, 0.5) is 0 Å². The fraction of sp³-hybridized carbons (Fsp3) is 0.500. The number of allylic oxidation sites excluding steroid dienone is 2. The number of carbonyl (C=O) groups excluding carboxylic acids is 1. The van der Waals surface area contributed by atoms with Crippen molar-refractivity contribution in [3.8, 4) is 0 Å². The van der Waals surface area contributed by atoms with Crippen molar-refractivity contribution >= 4 is 17.4 Å². The molecule has 1 unspecified atom stereocenters. The molecule has 0 radical (unpaired) electrons. The molecule has 0 aromatic heterocycles. The number of ether oxygens (including phenoxy) is 1. The molecule has 1 saturated heterocycles. The van der Waals surface area contributed by atoms with Gasteiger partial charge in [-0.15, -0.1) is 11.6 Å². The molecule has 0 amide bonds. The molecule has 0 aromatic rings. The summed E-state index contributed by atoms with van der Waals surface area (Å²) < 4.78 is 5.47. The molecule has 76 valence electrons. The first-order chi connectivity index (χ1) is 6.58. The van der Waals surface area contributed by atoms with Crippen LogP contribution in [0.1, 0.15) is 12.8 Å². The smallest absolute Gasteiger partial charge is 0.180 e. The zero-order chi connectivity index (χ0) is 10.2. The molecular formula is C10H11ClO3. The summed E-state index contributed by atoms with van der Waals surface area (Å²) in [5.41, 5.74) is -0.627. The Morgan fingerprint density at radius 1 is 1.43 bits per heavy atom. The SMILES string of the molecule is O=C1C=CC2(C=C1)CCC(O)(CCl)O2. The third-order valence-corrected chi connectivity index (χ3v) is 2.97. The summed E-state index contributed by atoms with van der Waals surface area (Å²) in [6.45, 7) is 0. The molecule has 1 aliphatic carbocycles. The van der Waals surface area contributed by atoms with Crippen molar-refractivity contribution in [1.82, 2.24) is 0 Å². The van der Waals surface area contributed by atoms with E-state index in [9.17, 15) is 9.90 Å². The van der Waals surface area contributed by atoms with Crippen LogP contribution in [0.15, 0.2) is 24.3 Å². The van der Waals surface area contributed by atoms with Crippen LogP contribution in [0, 0.1) is 0 Å². The molecule has 14 heavy (non-hydrogen) atoms. The summed E-state index contributed by atoms with van der Waals surface area (Å²) in [4.78, 5) is 10.9. The van der Waals surface area contributed by atoms with Crippen molar-refractivity contribution in [2.24, 2.45) is 0 Å². The average molecular weight is 215 g/mol. The Morgan fingerprint density at radius 3 is 2.57 bits per heavy atom. The molecule has 1 atom stereocenters. The minimum absolute atomic E-state index is 0.0460. The lowest BCUT2D eigenvalue weighted by Crippen LogP contribution is -2.35. The Kier molecular flexibility index (Phi) is 2.26. The van der Waals surface area contributed by atoms with Gasteiger partial charge in [0.15, 0.2) is 11.6 Å². The second-order valence-corrected chi connectivity index (χ2v) is 3.97. The van der Waals surface area contributed by atoms with Gasteiger partial charge in [-0.25, -0.2) is 0 Å². The molecule has 2 aliphatic rings. The van der Waals surface area contributed by atoms with E-state index in [-0.39, 0.29) is 11.7 Å². The minimum atomic E-state index is -1.25. The molecule has 1 heterocycles. The summed E-state index contributed by atoms with van der Waals surface area (Å²) in [5.74, 6) is -1.26. The first-order valence-corrected chi connectivity index (χ1v) is 5.02. The molecule has 1 aliphatic heterocycles. The van der Waals surface area contributed by atoms with E-state index in [1.54, 1.807) is 12.2 Å². The largest absolute Gasteiger partial charge is 0.364 e. The van der Waals surface area contributed by atoms with Gasteiger partial charge >= 0.3 is 0 Å². The third-order valence-electron chi connectivity index (χ3n) is 2.55. The summed E-state index contributed by atoms with van der Waals surface area (Å²) in [7, 11) is 0. The Labute approximate surface area is 87.0 Å². The van der Waals surface area contributed by atoms with E-state index in [2.05, 4.69) is 0 Å². The van der Waals surface area contributed by atoms with E-state index in [1.807, 2.05) is 0 Å². The summed E-state index contributed by atoms with van der Waals surface area (Å²) in [5, 5.41) is 9.78. The van der Waals surface area contributed by atoms with Crippen LogP contribution in [-0.4, -0.2) is 28.2 Å². The maximum Gasteiger partial charge on any atom is 0.180 e. The van der Waals surface area contributed by atoms with E-state index >= 15 is 0 Å². The van der Waals surface area contributed by atoms with Crippen LogP contribution in [-0.2, 0) is 9.53 Å². The van der Waals surface area contributed by atoms with Crippen LogP contribution in [0.2, 0.25) is 0 Å². The number of alkyl halides is 1. The molecule has 3 nitrogen and oxygen atoms in total. The van der Waals surface area contributed by atoms with Crippen LogP contribution >= 0.6 is 11.6 Å². The van der Waals surface area contributed by atoms with E-state index in [0.29, 0.717) is 12.8 Å². The molecule has 0 aromatic carbocycles. The van der Waals surface area contributed by atoms with E-state index in [1.165, 1.54) is 12.2 Å². The van der Waals surface area contributed by atoms with Gasteiger partial charge in [-0.3, -0.25) is 4.79 Å². The van der Waals surface area contributed by atoms with Crippen LogP contribution in [0.5, 0.6) is 0 Å². The molecule has 0 bridgehead atoms. The van der Waals surface area contributed by atoms with Gasteiger partial charge in [0.2, 0.25) is 0 Å². The van der Waals surface area contributed by atoms with Crippen LogP contribution in [0.3, 0.4) is 0 Å². The number of ketones is 1. The van der Waals surface area contributed by atoms with Crippen molar-refractivity contribution < 1.29 is 14.6 Å². The Hall–Kier alpha value is -0.640. The van der Waals surface area contributed by atoms with Gasteiger partial charge in [-0.05, 0) is 30.7 Å². The predicted octanol–water partition coefficient (Wildman–Crippen LogP) is 1.16. The number of carbonyl (C=O) groups is 1. The van der Waals surface area contributed by atoms with Gasteiger partial charge in [0.1, 0.15) is 5.60 Å². The highest BCUT2D eigenvalue weighted by molar-refractivity contribution is 6.18. The maximum absolute atomic E-state index is 10.9. The second-order valence-electron chi connectivity index (χ2n) is 3.71. The van der Waals surface area contributed by atoms with Gasteiger partial charge in [0, 0.05) is 6.42 Å². The third kappa shape index (κ3) is 1.63. The zero-order valence-corrected chi connectivity index (χ0v) is 8.33. The predicted molar refractivity (Wildman–Crippen MR) is 52.0 cm³/mol. The Balaban J connectivity index is 2.18. The number of hydrogen-bond donors (Lipinski definition) is 1. The number of halogens is 1. The summed E-state index contributed by atoms with van der Waals surface area (Å²) in [6, 6.07) is 0. The number of rotatable bonds is 1. The Bertz CT molecular complexity index is 305. The zero-order valence-electron chi connectivity index (χ0n) is 7.57. The lowest BCUT2D eigenvalue weighted by Gasteiger charge is -2.27. The maximum atomic E-state index is 10.9. The van der Waals surface area contributed by atoms with Crippen molar-refractivity contribution in [2.75, 3.05) is 5.88 Å². The number of aliphatic hydroxyl groups is 1. The second kappa shape index (κ2) is 3.19. The van der Waals surface area contributed by atoms with Crippen LogP contribution in [0.25, 0.3) is 0 Å². The van der Waals surface area contributed by atoms with E-state index < -0.39 is 11.4 Å². The van der Waals surface area contributed by atoms with E-state index in [4.69, 9.17) is 16.3 Å². The van der Waals surface area contributed by atoms with Crippen molar-refractivity contribution in [2.45, 2.75) is 24.2 Å². The lowest BCUT2D eigenvalue weighted by molar-refractivity contribution is -0.184. The normalized spacial score (nSPS) is 34.3. The van der Waals surface area contributed by atoms with Crippen molar-refractivity contribution in [3.05, 3.63) is 24.3 Å². The first kappa shape index (κ1) is 9.90. The molecule has 4 heteroatoms. The van der Waals surface area contributed by atoms with E-state index in [0.717, 1.165) is 0 Å². The molecule has 2 rings (SSSR count). The highest BCUT2D eigenvalue weighted by Crippen LogP contribution is 2.40. The molecule has 1 fully saturated rings. The van der Waals surface area contributed by atoms with Crippen LogP contribution < -0.4 is 0 Å². The minimum Gasteiger partial charge on any atom is -0.364 e. The van der Waals surface area contributed by atoms with Gasteiger partial charge in [-0.1, -0.05) is 0 Å². The highest BCUT2D eigenvalue weighted by Gasteiger charge is 2.45. The van der Waals surface area contributed by atoms with Gasteiger partial charge in [-0.2, -0.15) is 0 Å². The molecular weight excluding hydrogens is 204 g/mol. The summed E-state index contributed by atoms with van der Waals surface area (Å²) in [6.07, 6.45) is 7.41. The van der Waals surface area contributed by atoms with Gasteiger partial charge in [0.25, 0.3) is 0 Å². The lowest BCUT2D eigenvalue weighted by atomic mass is 9.94. The highest BCUT2D eigenvalue weighted by atomic mass is 35.5. The molecule has 1 spiro atoms. The first-order valence-electron chi connectivity index (χ1n) is 4.49. The molecule has 0 saturated carbocycles. The fourth-order valence-electron chi connectivity index (χ4n) is 1.73. The average Bonchev–Trinajstić information content (AvgIpc) is 2.51. The molecule has 1 N–H and O–H groups in total. The van der Waals surface area contributed by atoms with Crippen molar-refractivity contribution in [1.29, 1.82) is 0 Å². The standard InChI is InChI=1S/C10H11ClO3/c11-7-10(13)6-5-9(14-10)3-1-8(12)2-4-9/h1-4,13H,5-7H2. The van der Waals surface area contributed by atoms with Gasteiger partial charge < -0.3 is 9.84 Å². The topological polar surface area (TPSA) is 46.5 Å². The quantitative estimate of drug-likeness (QED) is 0.667. The van der Waals surface area contributed by atoms with Crippen molar-refractivity contribution in [3.63, 3.8) is 0 Å².